The smallest absolute Gasteiger partial charge is 0.147 e. The molecule has 1 aliphatic carbocycles. The number of hydrogen-bond donors (Lipinski definition) is 1. The molecule has 82 valence electrons. The lowest BCUT2D eigenvalue weighted by Crippen LogP contribution is -2.16. The molecule has 1 aromatic carbocycles. The molecular weight excluding hydrogens is 213 g/mol. The third-order valence-corrected chi connectivity index (χ3v) is 3.05. The minimum absolute atomic E-state index is 0.273. The summed E-state index contributed by atoms with van der Waals surface area (Å²) in [7, 11) is 0. The second-order valence-electron chi connectivity index (χ2n) is 4.32. The fraction of sp³-hybridized carbons (Fsp3) is 0.500. The van der Waals surface area contributed by atoms with Crippen molar-refractivity contribution < 1.29 is 4.39 Å². The van der Waals surface area contributed by atoms with Gasteiger partial charge in [0.05, 0.1) is 10.7 Å². The Labute approximate surface area is 94.6 Å². The van der Waals surface area contributed by atoms with Gasteiger partial charge >= 0.3 is 0 Å². The second-order valence-corrected chi connectivity index (χ2v) is 4.73. The highest BCUT2D eigenvalue weighted by Gasteiger charge is 2.24. The first-order valence-corrected chi connectivity index (χ1v) is 5.75. The van der Waals surface area contributed by atoms with Crippen molar-refractivity contribution in [3.63, 3.8) is 0 Å². The number of para-hydroxylation sites is 1. The van der Waals surface area contributed by atoms with Crippen LogP contribution in [0, 0.1) is 11.7 Å². The van der Waals surface area contributed by atoms with Crippen molar-refractivity contribution >= 4 is 17.3 Å². The van der Waals surface area contributed by atoms with Crippen LogP contribution in [0.3, 0.4) is 0 Å². The summed E-state index contributed by atoms with van der Waals surface area (Å²) in [6, 6.07) is 5.04. The number of nitrogens with one attached hydrogen (secondary N) is 1. The highest BCUT2D eigenvalue weighted by Crippen LogP contribution is 2.35. The summed E-state index contributed by atoms with van der Waals surface area (Å²) < 4.78 is 13.4. The van der Waals surface area contributed by atoms with Gasteiger partial charge in [-0.05, 0) is 31.4 Å². The van der Waals surface area contributed by atoms with Gasteiger partial charge in [-0.25, -0.2) is 4.39 Å². The van der Waals surface area contributed by atoms with Crippen molar-refractivity contribution in [2.75, 3.05) is 5.32 Å². The molecule has 0 heterocycles. The van der Waals surface area contributed by atoms with Gasteiger partial charge in [0, 0.05) is 6.04 Å². The molecule has 0 radical (unpaired) electrons. The lowest BCUT2D eigenvalue weighted by Gasteiger charge is -2.16. The van der Waals surface area contributed by atoms with Crippen LogP contribution in [0.4, 0.5) is 10.1 Å². The van der Waals surface area contributed by atoms with Gasteiger partial charge in [-0.3, -0.25) is 0 Å². The topological polar surface area (TPSA) is 12.0 Å². The van der Waals surface area contributed by atoms with E-state index in [-0.39, 0.29) is 11.9 Å². The van der Waals surface area contributed by atoms with Crippen molar-refractivity contribution in [2.24, 2.45) is 5.92 Å². The summed E-state index contributed by atoms with van der Waals surface area (Å²) in [6.45, 7) is 2.07. The van der Waals surface area contributed by atoms with Crippen molar-refractivity contribution in [3.05, 3.63) is 29.0 Å². The van der Waals surface area contributed by atoms with Gasteiger partial charge in [0.15, 0.2) is 0 Å². The van der Waals surface area contributed by atoms with Gasteiger partial charge in [0.1, 0.15) is 5.82 Å². The molecule has 15 heavy (non-hydrogen) atoms. The van der Waals surface area contributed by atoms with Gasteiger partial charge < -0.3 is 5.32 Å². The molecule has 2 rings (SSSR count). The monoisotopic (exact) mass is 227 g/mol. The Morgan fingerprint density at radius 2 is 2.27 bits per heavy atom. The van der Waals surface area contributed by atoms with E-state index >= 15 is 0 Å². The van der Waals surface area contributed by atoms with Crippen molar-refractivity contribution in [1.29, 1.82) is 0 Å². The average molecular weight is 228 g/mol. The summed E-state index contributed by atoms with van der Waals surface area (Å²) in [5, 5.41) is 3.60. The van der Waals surface area contributed by atoms with E-state index in [1.165, 1.54) is 18.9 Å². The molecule has 1 nitrogen and oxygen atoms in total. The summed E-state index contributed by atoms with van der Waals surface area (Å²) in [6.07, 6.45) is 3.73. The van der Waals surface area contributed by atoms with Crippen molar-refractivity contribution in [2.45, 2.75) is 32.2 Å². The third-order valence-electron chi connectivity index (χ3n) is 2.74. The SMILES string of the molecule is CC(CC1CC1)Nc1c(F)cccc1Cl. The van der Waals surface area contributed by atoms with Crippen LogP contribution >= 0.6 is 11.6 Å². The van der Waals surface area contributed by atoms with Crippen LogP contribution in [0.25, 0.3) is 0 Å². The van der Waals surface area contributed by atoms with Crippen LogP contribution in [0.2, 0.25) is 5.02 Å². The molecule has 0 aliphatic heterocycles. The van der Waals surface area contributed by atoms with Crippen LogP contribution in [0.5, 0.6) is 0 Å². The normalized spacial score (nSPS) is 17.5. The molecule has 0 amide bonds. The minimum Gasteiger partial charge on any atom is -0.379 e. The molecule has 0 bridgehead atoms. The number of anilines is 1. The van der Waals surface area contributed by atoms with E-state index in [2.05, 4.69) is 12.2 Å². The summed E-state index contributed by atoms with van der Waals surface area (Å²) in [5.74, 6) is 0.559. The molecule has 1 unspecified atom stereocenters. The zero-order valence-electron chi connectivity index (χ0n) is 8.76. The van der Waals surface area contributed by atoms with Crippen molar-refractivity contribution in [3.8, 4) is 0 Å². The predicted octanol–water partition coefficient (Wildman–Crippen LogP) is 4.08. The number of benzene rings is 1. The highest BCUT2D eigenvalue weighted by molar-refractivity contribution is 6.33. The Morgan fingerprint density at radius 1 is 1.53 bits per heavy atom. The molecule has 0 saturated heterocycles. The quantitative estimate of drug-likeness (QED) is 0.817. The van der Waals surface area contributed by atoms with E-state index in [0.717, 1.165) is 12.3 Å². The molecule has 1 aliphatic rings. The van der Waals surface area contributed by atoms with Gasteiger partial charge in [0.25, 0.3) is 0 Å². The lowest BCUT2D eigenvalue weighted by molar-refractivity contribution is 0.610. The summed E-state index contributed by atoms with van der Waals surface area (Å²) >= 11 is 5.92. The van der Waals surface area contributed by atoms with Crippen LogP contribution in [0.15, 0.2) is 18.2 Å². The molecule has 0 aromatic heterocycles. The maximum absolute atomic E-state index is 13.4. The van der Waals surface area contributed by atoms with Gasteiger partial charge in [-0.1, -0.05) is 30.5 Å². The fourth-order valence-corrected chi connectivity index (χ4v) is 2.01. The number of rotatable bonds is 4. The zero-order valence-corrected chi connectivity index (χ0v) is 9.52. The van der Waals surface area contributed by atoms with Crippen LogP contribution in [-0.4, -0.2) is 6.04 Å². The van der Waals surface area contributed by atoms with E-state index in [1.807, 2.05) is 0 Å². The van der Waals surface area contributed by atoms with E-state index in [9.17, 15) is 4.39 Å². The maximum atomic E-state index is 13.4. The third kappa shape index (κ3) is 2.85. The average Bonchev–Trinajstić information content (AvgIpc) is 2.95. The Kier molecular flexibility index (Phi) is 3.15. The highest BCUT2D eigenvalue weighted by atomic mass is 35.5. The molecule has 1 fully saturated rings. The molecule has 0 spiro atoms. The van der Waals surface area contributed by atoms with Crippen LogP contribution in [-0.2, 0) is 0 Å². The minimum atomic E-state index is -0.273. The van der Waals surface area contributed by atoms with E-state index in [4.69, 9.17) is 11.6 Å². The largest absolute Gasteiger partial charge is 0.379 e. The summed E-state index contributed by atoms with van der Waals surface area (Å²) in [5.41, 5.74) is 0.437. The van der Waals surface area contributed by atoms with E-state index in [0.29, 0.717) is 10.7 Å². The van der Waals surface area contributed by atoms with Crippen LogP contribution in [0.1, 0.15) is 26.2 Å². The molecule has 3 heteroatoms. The Bertz CT molecular complexity index is 329. The van der Waals surface area contributed by atoms with Gasteiger partial charge in [-0.2, -0.15) is 0 Å². The number of hydrogen-bond acceptors (Lipinski definition) is 1. The zero-order chi connectivity index (χ0) is 10.8. The second kappa shape index (κ2) is 4.40. The molecular formula is C12H15ClFN. The van der Waals surface area contributed by atoms with Crippen LogP contribution < -0.4 is 5.32 Å². The first-order valence-electron chi connectivity index (χ1n) is 5.37. The first-order chi connectivity index (χ1) is 7.16. The molecule has 1 saturated carbocycles. The Hall–Kier alpha value is -0.760. The molecule has 1 aromatic rings. The van der Waals surface area contributed by atoms with Crippen molar-refractivity contribution in [1.82, 2.24) is 0 Å². The first kappa shape index (κ1) is 10.7. The lowest BCUT2D eigenvalue weighted by atomic mass is 10.1. The number of halogens is 2. The molecule has 1 atom stereocenters. The maximum Gasteiger partial charge on any atom is 0.147 e. The predicted molar refractivity (Wildman–Crippen MR) is 61.8 cm³/mol. The van der Waals surface area contributed by atoms with Gasteiger partial charge in [0.2, 0.25) is 0 Å². The Balaban J connectivity index is 2.01. The van der Waals surface area contributed by atoms with E-state index < -0.39 is 0 Å². The summed E-state index contributed by atoms with van der Waals surface area (Å²) in [4.78, 5) is 0. The van der Waals surface area contributed by atoms with Gasteiger partial charge in [-0.15, -0.1) is 0 Å². The standard InChI is InChI=1S/C12H15ClFN/c1-8(7-9-5-6-9)15-12-10(13)3-2-4-11(12)14/h2-4,8-9,15H,5-7H2,1H3. The molecule has 1 N–H and O–H groups in total. The van der Waals surface area contributed by atoms with E-state index in [1.54, 1.807) is 12.1 Å². The Morgan fingerprint density at radius 3 is 2.87 bits per heavy atom. The fourth-order valence-electron chi connectivity index (χ4n) is 1.79.